The first-order valence-corrected chi connectivity index (χ1v) is 6.19. The summed E-state index contributed by atoms with van der Waals surface area (Å²) in [5, 5.41) is 12.4. The van der Waals surface area contributed by atoms with Crippen LogP contribution in [0.15, 0.2) is 40.6 Å². The van der Waals surface area contributed by atoms with Crippen LogP contribution >= 0.6 is 0 Å². The Hall–Kier alpha value is -1.31. The van der Waals surface area contributed by atoms with Gasteiger partial charge in [-0.3, -0.25) is 0 Å². The number of allylic oxidation sites excluding steroid dienone is 6. The molecule has 17 heavy (non-hydrogen) atoms. The van der Waals surface area contributed by atoms with E-state index in [2.05, 4.69) is 44.2 Å². The molecule has 0 bridgehead atoms. The van der Waals surface area contributed by atoms with Gasteiger partial charge in [0.2, 0.25) is 0 Å². The van der Waals surface area contributed by atoms with Gasteiger partial charge in [0.05, 0.1) is 0 Å². The van der Waals surface area contributed by atoms with Crippen molar-refractivity contribution in [3.63, 3.8) is 0 Å². The van der Waals surface area contributed by atoms with E-state index < -0.39 is 0 Å². The van der Waals surface area contributed by atoms with E-state index in [0.29, 0.717) is 5.71 Å². The molecule has 2 nitrogen and oxygen atoms in total. The summed E-state index contributed by atoms with van der Waals surface area (Å²) in [5.41, 5.74) is 3.23. The Morgan fingerprint density at radius 2 is 1.94 bits per heavy atom. The van der Waals surface area contributed by atoms with Crippen LogP contribution in [0.3, 0.4) is 0 Å². The molecule has 1 N–H and O–H groups in total. The van der Waals surface area contributed by atoms with Gasteiger partial charge in [-0.15, -0.1) is 0 Å². The maximum atomic E-state index is 9.02. The average molecular weight is 233 g/mol. The van der Waals surface area contributed by atoms with Crippen molar-refractivity contribution in [2.24, 2.45) is 10.6 Å². The lowest BCUT2D eigenvalue weighted by molar-refractivity contribution is 0.319. The Labute approximate surface area is 104 Å². The van der Waals surface area contributed by atoms with Gasteiger partial charge in [-0.05, 0) is 50.2 Å². The first-order chi connectivity index (χ1) is 7.94. The molecule has 94 valence electrons. The lowest BCUT2D eigenvalue weighted by atomic mass is 9.87. The van der Waals surface area contributed by atoms with Crippen molar-refractivity contribution in [1.82, 2.24) is 0 Å². The third kappa shape index (κ3) is 4.59. The van der Waals surface area contributed by atoms with Crippen molar-refractivity contribution in [3.8, 4) is 0 Å². The highest BCUT2D eigenvalue weighted by Gasteiger charge is 2.13. The smallest absolute Gasteiger partial charge is 0.104 e. The Morgan fingerprint density at radius 1 is 1.24 bits per heavy atom. The topological polar surface area (TPSA) is 32.6 Å². The maximum absolute atomic E-state index is 9.02. The van der Waals surface area contributed by atoms with Crippen molar-refractivity contribution in [3.05, 3.63) is 35.5 Å². The third-order valence-corrected chi connectivity index (χ3v) is 3.17. The molecule has 0 saturated heterocycles. The van der Waals surface area contributed by atoms with Crippen LogP contribution in [0.5, 0.6) is 0 Å². The summed E-state index contributed by atoms with van der Waals surface area (Å²) in [5.74, 6) is 0. The SMILES string of the molecule is C/C1=C\CC(C)(C)/C=C/C(=N\O)C(/C)=C/CC1. The van der Waals surface area contributed by atoms with Crippen LogP contribution in [0.4, 0.5) is 0 Å². The van der Waals surface area contributed by atoms with Crippen LogP contribution in [0.2, 0.25) is 0 Å². The zero-order chi connectivity index (χ0) is 12.9. The molecule has 1 aliphatic rings. The van der Waals surface area contributed by atoms with Gasteiger partial charge in [0.25, 0.3) is 0 Å². The lowest BCUT2D eigenvalue weighted by Crippen LogP contribution is -2.07. The first kappa shape index (κ1) is 13.8. The highest BCUT2D eigenvalue weighted by atomic mass is 16.4. The van der Waals surface area contributed by atoms with E-state index in [0.717, 1.165) is 24.8 Å². The van der Waals surface area contributed by atoms with Gasteiger partial charge in [0.1, 0.15) is 5.71 Å². The molecule has 0 amide bonds. The molecule has 1 rings (SSSR count). The van der Waals surface area contributed by atoms with Gasteiger partial charge in [-0.25, -0.2) is 0 Å². The van der Waals surface area contributed by atoms with Crippen molar-refractivity contribution < 1.29 is 5.21 Å². The first-order valence-electron chi connectivity index (χ1n) is 6.19. The second-order valence-corrected chi connectivity index (χ2v) is 5.49. The van der Waals surface area contributed by atoms with Gasteiger partial charge in [0, 0.05) is 0 Å². The predicted octanol–water partition coefficient (Wildman–Crippen LogP) is 4.48. The third-order valence-electron chi connectivity index (χ3n) is 3.17. The van der Waals surface area contributed by atoms with E-state index >= 15 is 0 Å². The highest BCUT2D eigenvalue weighted by Crippen LogP contribution is 2.25. The van der Waals surface area contributed by atoms with Gasteiger partial charge < -0.3 is 5.21 Å². The number of hydrogen-bond donors (Lipinski definition) is 1. The Bertz CT molecular complexity index is 384. The molecule has 2 heteroatoms. The molecule has 0 aromatic rings. The predicted molar refractivity (Wildman–Crippen MR) is 73.5 cm³/mol. The van der Waals surface area contributed by atoms with E-state index in [1.165, 1.54) is 5.57 Å². The molecular weight excluding hydrogens is 210 g/mol. The molecule has 0 spiro atoms. The van der Waals surface area contributed by atoms with Crippen LogP contribution in [-0.4, -0.2) is 10.9 Å². The molecular formula is C15H23NO. The van der Waals surface area contributed by atoms with E-state index in [9.17, 15) is 0 Å². The van der Waals surface area contributed by atoms with Crippen molar-refractivity contribution in [2.45, 2.75) is 47.0 Å². The highest BCUT2D eigenvalue weighted by molar-refractivity contribution is 6.07. The largest absolute Gasteiger partial charge is 0.410 e. The summed E-state index contributed by atoms with van der Waals surface area (Å²) in [6, 6.07) is 0. The molecule has 0 saturated carbocycles. The Balaban J connectivity index is 3.03. The summed E-state index contributed by atoms with van der Waals surface area (Å²) < 4.78 is 0. The molecule has 1 aliphatic carbocycles. The zero-order valence-electron chi connectivity index (χ0n) is 11.3. The minimum absolute atomic E-state index is 0.0990. The Kier molecular flexibility index (Phi) is 4.73. The van der Waals surface area contributed by atoms with Crippen LogP contribution in [0.1, 0.15) is 47.0 Å². The summed E-state index contributed by atoms with van der Waals surface area (Å²) in [4.78, 5) is 0. The monoisotopic (exact) mass is 233 g/mol. The number of oxime groups is 1. The lowest BCUT2D eigenvalue weighted by Gasteiger charge is -2.18. The van der Waals surface area contributed by atoms with Gasteiger partial charge >= 0.3 is 0 Å². The van der Waals surface area contributed by atoms with E-state index in [4.69, 9.17) is 5.21 Å². The normalized spacial score (nSPS) is 31.9. The minimum Gasteiger partial charge on any atom is -0.410 e. The van der Waals surface area contributed by atoms with Crippen molar-refractivity contribution in [2.75, 3.05) is 0 Å². The van der Waals surface area contributed by atoms with E-state index in [1.807, 2.05) is 13.0 Å². The van der Waals surface area contributed by atoms with Crippen LogP contribution in [0, 0.1) is 5.41 Å². The maximum Gasteiger partial charge on any atom is 0.104 e. The minimum atomic E-state index is 0.0990. The average Bonchev–Trinajstić information content (AvgIpc) is 2.28. The summed E-state index contributed by atoms with van der Waals surface area (Å²) in [6.07, 6.45) is 11.6. The van der Waals surface area contributed by atoms with Crippen LogP contribution in [-0.2, 0) is 0 Å². The Morgan fingerprint density at radius 3 is 2.59 bits per heavy atom. The molecule has 0 aromatic carbocycles. The number of nitrogens with zero attached hydrogens (tertiary/aromatic N) is 1. The fraction of sp³-hybridized carbons (Fsp3) is 0.533. The second kappa shape index (κ2) is 5.85. The van der Waals surface area contributed by atoms with Crippen molar-refractivity contribution in [1.29, 1.82) is 0 Å². The second-order valence-electron chi connectivity index (χ2n) is 5.49. The quantitative estimate of drug-likeness (QED) is 0.373. The van der Waals surface area contributed by atoms with Gasteiger partial charge in [-0.2, -0.15) is 0 Å². The summed E-state index contributed by atoms with van der Waals surface area (Å²) in [7, 11) is 0. The molecule has 0 heterocycles. The molecule has 0 fully saturated rings. The van der Waals surface area contributed by atoms with Crippen LogP contribution in [0.25, 0.3) is 0 Å². The van der Waals surface area contributed by atoms with Gasteiger partial charge in [-0.1, -0.05) is 42.8 Å². The number of rotatable bonds is 0. The number of hydrogen-bond acceptors (Lipinski definition) is 2. The molecule has 0 radical (unpaired) electrons. The summed E-state index contributed by atoms with van der Waals surface area (Å²) in [6.45, 7) is 8.56. The molecule has 0 aromatic heterocycles. The fourth-order valence-electron chi connectivity index (χ4n) is 1.78. The molecule has 0 unspecified atom stereocenters. The van der Waals surface area contributed by atoms with Crippen molar-refractivity contribution >= 4 is 5.71 Å². The summed E-state index contributed by atoms with van der Waals surface area (Å²) >= 11 is 0. The standard InChI is InChI=1S/C15H23NO/c1-12-6-5-7-13(2)14(16-17)9-11-15(3,4)10-8-12/h7-9,11,17H,5-6,10H2,1-4H3/b11-9+,12-8+,13-7+,16-14+. The van der Waals surface area contributed by atoms with E-state index in [1.54, 1.807) is 0 Å². The van der Waals surface area contributed by atoms with E-state index in [-0.39, 0.29) is 5.41 Å². The molecule has 0 aliphatic heterocycles. The fourth-order valence-corrected chi connectivity index (χ4v) is 1.78. The molecule has 0 atom stereocenters. The zero-order valence-corrected chi connectivity index (χ0v) is 11.3. The van der Waals surface area contributed by atoms with Crippen LogP contribution < -0.4 is 0 Å². The van der Waals surface area contributed by atoms with Gasteiger partial charge in [0.15, 0.2) is 0 Å².